The predicted molar refractivity (Wildman–Crippen MR) is 84.7 cm³/mol. The Morgan fingerprint density at radius 1 is 1.08 bits per heavy atom. The summed E-state index contributed by atoms with van der Waals surface area (Å²) in [5.74, 6) is -0.303. The van der Waals surface area contributed by atoms with Crippen LogP contribution in [0.5, 0.6) is 0 Å². The number of hydrogen-bond donors (Lipinski definition) is 0. The molecule has 132 valence electrons. The predicted octanol–water partition coefficient (Wildman–Crippen LogP) is 0.580. The first-order valence-electron chi connectivity index (χ1n) is 8.16. The Morgan fingerprint density at radius 2 is 1.67 bits per heavy atom. The number of hydrogen-bond acceptors (Lipinski definition) is 5. The number of likely N-dealkylation sites (tertiary alicyclic amines) is 1. The Kier molecular flexibility index (Phi) is 5.32. The van der Waals surface area contributed by atoms with Gasteiger partial charge in [0.05, 0.1) is 6.07 Å². The number of nitrogens with zero attached hydrogens (tertiary/aromatic N) is 4. The minimum absolute atomic E-state index is 0.0977. The van der Waals surface area contributed by atoms with Crippen molar-refractivity contribution in [2.75, 3.05) is 32.7 Å². The molecule has 8 heteroatoms. The zero-order valence-corrected chi connectivity index (χ0v) is 14.4. The fourth-order valence-corrected chi connectivity index (χ4v) is 2.75. The lowest BCUT2D eigenvalue weighted by molar-refractivity contribution is -0.145. The van der Waals surface area contributed by atoms with E-state index in [4.69, 9.17) is 10.00 Å². The molecule has 2 saturated heterocycles. The fraction of sp³-hybridized carbons (Fsp3) is 0.750. The van der Waals surface area contributed by atoms with Crippen molar-refractivity contribution in [2.45, 2.75) is 45.3 Å². The van der Waals surface area contributed by atoms with E-state index in [1.165, 1.54) is 4.90 Å². The van der Waals surface area contributed by atoms with Crippen LogP contribution in [0.15, 0.2) is 0 Å². The van der Waals surface area contributed by atoms with Crippen LogP contribution < -0.4 is 0 Å². The highest BCUT2D eigenvalue weighted by molar-refractivity contribution is 5.87. The first kappa shape index (κ1) is 18.0. The molecule has 0 N–H and O–H groups in total. The van der Waals surface area contributed by atoms with Crippen LogP contribution in [0, 0.1) is 11.3 Å². The maximum Gasteiger partial charge on any atom is 0.410 e. The lowest BCUT2D eigenvalue weighted by atomic mass is 10.0. The quantitative estimate of drug-likeness (QED) is 0.735. The normalized spacial score (nSPS) is 20.9. The van der Waals surface area contributed by atoms with E-state index in [-0.39, 0.29) is 18.2 Å². The van der Waals surface area contributed by atoms with Gasteiger partial charge in [-0.05, 0) is 27.2 Å². The minimum atomic E-state index is -0.590. The maximum absolute atomic E-state index is 12.6. The molecule has 1 atom stereocenters. The van der Waals surface area contributed by atoms with Gasteiger partial charge in [-0.1, -0.05) is 0 Å². The zero-order valence-electron chi connectivity index (χ0n) is 14.4. The lowest BCUT2D eigenvalue weighted by Gasteiger charge is -2.44. The summed E-state index contributed by atoms with van der Waals surface area (Å²) in [6.07, 6.45) is 0.0317. The van der Waals surface area contributed by atoms with Gasteiger partial charge in [0.2, 0.25) is 11.8 Å². The van der Waals surface area contributed by atoms with Crippen molar-refractivity contribution < 1.29 is 19.1 Å². The van der Waals surface area contributed by atoms with Crippen LogP contribution in [0.2, 0.25) is 0 Å². The van der Waals surface area contributed by atoms with E-state index in [0.29, 0.717) is 39.1 Å². The molecule has 2 aliphatic rings. The Morgan fingerprint density at radius 3 is 2.12 bits per heavy atom. The number of ether oxygens (including phenoxy) is 1. The Bertz CT molecular complexity index is 555. The van der Waals surface area contributed by atoms with Gasteiger partial charge in [-0.2, -0.15) is 5.26 Å². The molecule has 0 aliphatic carbocycles. The van der Waals surface area contributed by atoms with E-state index >= 15 is 0 Å². The molecule has 24 heavy (non-hydrogen) atoms. The van der Waals surface area contributed by atoms with Crippen LogP contribution >= 0.6 is 0 Å². The summed E-state index contributed by atoms with van der Waals surface area (Å²) in [7, 11) is 0. The molecule has 0 aromatic heterocycles. The fourth-order valence-electron chi connectivity index (χ4n) is 2.75. The molecule has 2 heterocycles. The molecule has 0 aromatic rings. The summed E-state index contributed by atoms with van der Waals surface area (Å²) in [4.78, 5) is 41.1. The van der Waals surface area contributed by atoms with Crippen molar-refractivity contribution in [3.05, 3.63) is 0 Å². The van der Waals surface area contributed by atoms with E-state index in [9.17, 15) is 14.4 Å². The van der Waals surface area contributed by atoms with Gasteiger partial charge in [0.25, 0.3) is 0 Å². The Balaban J connectivity index is 1.86. The van der Waals surface area contributed by atoms with Crippen molar-refractivity contribution in [3.8, 4) is 6.07 Å². The van der Waals surface area contributed by atoms with Gasteiger partial charge in [0, 0.05) is 32.7 Å². The summed E-state index contributed by atoms with van der Waals surface area (Å²) >= 11 is 0. The number of carbonyl (C=O) groups excluding carboxylic acids is 3. The topological polar surface area (TPSA) is 93.9 Å². The molecule has 0 saturated carbocycles. The number of piperazine rings is 1. The highest BCUT2D eigenvalue weighted by Gasteiger charge is 2.42. The second-order valence-corrected chi connectivity index (χ2v) is 7.02. The number of rotatable bonds is 2. The van der Waals surface area contributed by atoms with E-state index in [0.717, 1.165) is 0 Å². The van der Waals surface area contributed by atoms with Crippen molar-refractivity contribution in [1.82, 2.24) is 14.7 Å². The number of carbonyl (C=O) groups is 3. The first-order chi connectivity index (χ1) is 11.2. The molecule has 0 spiro atoms. The summed E-state index contributed by atoms with van der Waals surface area (Å²) in [6, 6.07) is 1.37. The van der Waals surface area contributed by atoms with Crippen LogP contribution in [-0.4, -0.2) is 77.0 Å². The monoisotopic (exact) mass is 336 g/mol. The van der Waals surface area contributed by atoms with Crippen LogP contribution in [0.3, 0.4) is 0 Å². The SMILES string of the molecule is CC(C)(C)OC(=O)N1CC[C@@H]1C(=O)N1CCN(C(=O)CC#N)CC1. The van der Waals surface area contributed by atoms with Crippen LogP contribution in [0.1, 0.15) is 33.6 Å². The summed E-state index contributed by atoms with van der Waals surface area (Å²) in [6.45, 7) is 7.59. The van der Waals surface area contributed by atoms with Gasteiger partial charge >= 0.3 is 6.09 Å². The molecule has 0 radical (unpaired) electrons. The smallest absolute Gasteiger partial charge is 0.410 e. The van der Waals surface area contributed by atoms with Crippen molar-refractivity contribution in [3.63, 3.8) is 0 Å². The average Bonchev–Trinajstić information content (AvgIpc) is 2.44. The molecule has 3 amide bonds. The maximum atomic E-state index is 12.6. The molecule has 0 unspecified atom stereocenters. The van der Waals surface area contributed by atoms with Gasteiger partial charge in [0.1, 0.15) is 18.1 Å². The van der Waals surface area contributed by atoms with Gasteiger partial charge in [-0.3, -0.25) is 14.5 Å². The van der Waals surface area contributed by atoms with E-state index in [1.807, 2.05) is 6.07 Å². The molecule has 2 fully saturated rings. The van der Waals surface area contributed by atoms with E-state index in [2.05, 4.69) is 0 Å². The number of nitriles is 1. The summed E-state index contributed by atoms with van der Waals surface area (Å²) < 4.78 is 5.32. The van der Waals surface area contributed by atoms with Crippen molar-refractivity contribution >= 4 is 17.9 Å². The molecule has 0 bridgehead atoms. The zero-order chi connectivity index (χ0) is 17.9. The molecule has 0 aromatic carbocycles. The number of amides is 3. The average molecular weight is 336 g/mol. The van der Waals surface area contributed by atoms with E-state index < -0.39 is 17.7 Å². The first-order valence-corrected chi connectivity index (χ1v) is 8.16. The van der Waals surface area contributed by atoms with Crippen LogP contribution in [0.4, 0.5) is 4.79 Å². The summed E-state index contributed by atoms with van der Waals surface area (Å²) in [5, 5.41) is 8.57. The third-order valence-electron chi connectivity index (χ3n) is 4.11. The van der Waals surface area contributed by atoms with Gasteiger partial charge in [-0.25, -0.2) is 4.79 Å². The largest absolute Gasteiger partial charge is 0.444 e. The van der Waals surface area contributed by atoms with Crippen LogP contribution in [0.25, 0.3) is 0 Å². The highest BCUT2D eigenvalue weighted by atomic mass is 16.6. The second-order valence-electron chi connectivity index (χ2n) is 7.02. The lowest BCUT2D eigenvalue weighted by Crippen LogP contribution is -2.62. The third-order valence-corrected chi connectivity index (χ3v) is 4.11. The van der Waals surface area contributed by atoms with Crippen molar-refractivity contribution in [2.24, 2.45) is 0 Å². The van der Waals surface area contributed by atoms with Gasteiger partial charge in [0.15, 0.2) is 0 Å². The van der Waals surface area contributed by atoms with Crippen LogP contribution in [-0.2, 0) is 14.3 Å². The van der Waals surface area contributed by atoms with E-state index in [1.54, 1.807) is 30.6 Å². The Labute approximate surface area is 141 Å². The van der Waals surface area contributed by atoms with Crippen molar-refractivity contribution in [1.29, 1.82) is 5.26 Å². The standard InChI is InChI=1S/C16H24N4O4/c1-16(2,3)24-15(23)20-7-5-12(20)14(22)19-10-8-18(9-11-19)13(21)4-6-17/h12H,4-5,7-11H2,1-3H3/t12-/m1/s1. The third kappa shape index (κ3) is 4.16. The molecule has 8 nitrogen and oxygen atoms in total. The molecular formula is C16H24N4O4. The second kappa shape index (κ2) is 7.07. The summed E-state index contributed by atoms with van der Waals surface area (Å²) in [5.41, 5.74) is -0.590. The molecule has 2 aliphatic heterocycles. The van der Waals surface area contributed by atoms with Gasteiger partial charge in [-0.15, -0.1) is 0 Å². The molecular weight excluding hydrogens is 312 g/mol. The Hall–Kier alpha value is -2.30. The van der Waals surface area contributed by atoms with Gasteiger partial charge < -0.3 is 14.5 Å². The minimum Gasteiger partial charge on any atom is -0.444 e. The highest BCUT2D eigenvalue weighted by Crippen LogP contribution is 2.23. The molecule has 2 rings (SSSR count).